The molecule has 4 aromatic rings. The molecule has 28 heavy (non-hydrogen) atoms. The lowest BCUT2D eigenvalue weighted by atomic mass is 10.3. The molecular formula is C16H8Cl2N4S6. The van der Waals surface area contributed by atoms with Gasteiger partial charge in [-0.2, -0.15) is 8.75 Å². The third kappa shape index (κ3) is 5.06. The molecule has 2 aromatic carbocycles. The zero-order valence-corrected chi connectivity index (χ0v) is 20.0. The molecule has 0 radical (unpaired) electrons. The fourth-order valence-electron chi connectivity index (χ4n) is 2.00. The summed E-state index contributed by atoms with van der Waals surface area (Å²) in [6, 6.07) is 15.9. The lowest BCUT2D eigenvalue weighted by Gasteiger charge is -2.06. The van der Waals surface area contributed by atoms with Crippen molar-refractivity contribution in [3.8, 4) is 0 Å². The van der Waals surface area contributed by atoms with E-state index in [9.17, 15) is 0 Å². The molecule has 0 bridgehead atoms. The Labute approximate surface area is 193 Å². The summed E-state index contributed by atoms with van der Waals surface area (Å²) in [7, 11) is 8.83. The van der Waals surface area contributed by atoms with Gasteiger partial charge < -0.3 is 0 Å². The first kappa shape index (κ1) is 20.5. The molecule has 0 aliphatic carbocycles. The van der Waals surface area contributed by atoms with Crippen LogP contribution in [0.2, 0.25) is 10.3 Å². The highest BCUT2D eigenvalue weighted by Gasteiger charge is 2.08. The maximum Gasteiger partial charge on any atom is 0.179 e. The molecule has 0 fully saturated rings. The molecule has 0 N–H and O–H groups in total. The van der Waals surface area contributed by atoms with Crippen LogP contribution >= 0.6 is 86.5 Å². The number of hydrogen-bond acceptors (Lipinski definition) is 10. The van der Waals surface area contributed by atoms with Gasteiger partial charge in [0.25, 0.3) is 0 Å². The van der Waals surface area contributed by atoms with E-state index in [1.165, 1.54) is 41.8 Å². The molecule has 4 rings (SSSR count). The van der Waals surface area contributed by atoms with E-state index in [1.54, 1.807) is 21.6 Å². The van der Waals surface area contributed by atoms with Crippen molar-refractivity contribution in [2.24, 2.45) is 9.98 Å². The number of rotatable bonds is 5. The summed E-state index contributed by atoms with van der Waals surface area (Å²) in [4.78, 5) is 11.4. The second kappa shape index (κ2) is 9.86. The van der Waals surface area contributed by atoms with E-state index in [-0.39, 0.29) is 0 Å². The average molecular weight is 520 g/mol. The first-order valence-corrected chi connectivity index (χ1v) is 14.7. The standard InChI is InChI=1S/C16H8Cl2N4S6/c17-13-15(25-27-21-13)19-9-5-1-3-7-11(9)23-24-12-8-4-2-6-10(12)20-16-14(18)22-28-26-16/h1-8H. The SMILES string of the molecule is Clc1nssc1=Nc1ccccc1SSc1ccccc1N=c1ssnc1Cl. The van der Waals surface area contributed by atoms with Crippen molar-refractivity contribution >= 4 is 97.9 Å². The van der Waals surface area contributed by atoms with Gasteiger partial charge in [0.15, 0.2) is 19.6 Å². The first-order chi connectivity index (χ1) is 13.7. The zero-order chi connectivity index (χ0) is 19.3. The molecule has 0 amide bonds. The fourth-order valence-corrected chi connectivity index (χ4v) is 8.20. The highest BCUT2D eigenvalue weighted by molar-refractivity contribution is 8.76. The minimum absolute atomic E-state index is 0.439. The van der Waals surface area contributed by atoms with Crippen molar-refractivity contribution in [3.05, 3.63) is 68.2 Å². The van der Waals surface area contributed by atoms with Crippen LogP contribution in [0.15, 0.2) is 68.3 Å². The number of halogens is 2. The van der Waals surface area contributed by atoms with E-state index < -0.39 is 0 Å². The van der Waals surface area contributed by atoms with E-state index in [0.29, 0.717) is 10.3 Å². The van der Waals surface area contributed by atoms with Crippen LogP contribution in [-0.2, 0) is 0 Å². The Morgan fingerprint density at radius 2 is 1.11 bits per heavy atom. The van der Waals surface area contributed by atoms with E-state index in [0.717, 1.165) is 30.5 Å². The van der Waals surface area contributed by atoms with Gasteiger partial charge in [0, 0.05) is 30.9 Å². The summed E-state index contributed by atoms with van der Waals surface area (Å²) in [5.74, 6) is 0. The molecule has 142 valence electrons. The van der Waals surface area contributed by atoms with Crippen LogP contribution in [0.4, 0.5) is 11.4 Å². The molecule has 0 aliphatic rings. The molecule has 0 spiro atoms. The molecule has 0 unspecified atom stereocenters. The van der Waals surface area contributed by atoms with Crippen molar-refractivity contribution < 1.29 is 0 Å². The van der Waals surface area contributed by atoms with Crippen molar-refractivity contribution in [2.75, 3.05) is 0 Å². The van der Waals surface area contributed by atoms with Gasteiger partial charge in [-0.05, 0) is 44.9 Å². The summed E-state index contributed by atoms with van der Waals surface area (Å²) in [6.07, 6.45) is 0. The van der Waals surface area contributed by atoms with Gasteiger partial charge in [-0.3, -0.25) is 0 Å². The summed E-state index contributed by atoms with van der Waals surface area (Å²) in [6.45, 7) is 0. The number of hydrogen-bond donors (Lipinski definition) is 0. The maximum absolute atomic E-state index is 6.09. The molecule has 0 saturated carbocycles. The van der Waals surface area contributed by atoms with Crippen LogP contribution < -0.4 is 9.34 Å². The van der Waals surface area contributed by atoms with Gasteiger partial charge in [0.05, 0.1) is 11.4 Å². The predicted molar refractivity (Wildman–Crippen MR) is 125 cm³/mol. The minimum Gasteiger partial charge on any atom is -0.233 e. The Morgan fingerprint density at radius 3 is 1.50 bits per heavy atom. The quantitative estimate of drug-likeness (QED) is 0.260. The van der Waals surface area contributed by atoms with Crippen molar-refractivity contribution in [1.82, 2.24) is 8.75 Å². The number of nitrogens with zero attached hydrogens (tertiary/aromatic N) is 4. The van der Waals surface area contributed by atoms with Gasteiger partial charge in [-0.15, -0.1) is 0 Å². The van der Waals surface area contributed by atoms with Crippen LogP contribution in [0, 0.1) is 0 Å². The smallest absolute Gasteiger partial charge is 0.179 e. The normalized spacial score (nSPS) is 12.6. The van der Waals surface area contributed by atoms with E-state index in [1.807, 2.05) is 48.5 Å². The Hall–Kier alpha value is -0.720. The third-order valence-corrected chi connectivity index (χ3v) is 10.0. The molecule has 0 atom stereocenters. The second-order valence-electron chi connectivity index (χ2n) is 5.02. The molecule has 2 aromatic heterocycles. The predicted octanol–water partition coefficient (Wildman–Crippen LogP) is 7.29. The summed E-state index contributed by atoms with van der Waals surface area (Å²) in [5.41, 5.74) is 1.72. The highest BCUT2D eigenvalue weighted by Crippen LogP contribution is 2.44. The maximum atomic E-state index is 6.09. The summed E-state index contributed by atoms with van der Waals surface area (Å²) >= 11 is 12.2. The monoisotopic (exact) mass is 518 g/mol. The fraction of sp³-hybridized carbons (Fsp3) is 0. The molecular weight excluding hydrogens is 512 g/mol. The molecule has 4 nitrogen and oxygen atoms in total. The average Bonchev–Trinajstić information content (AvgIpc) is 3.30. The van der Waals surface area contributed by atoms with Crippen molar-refractivity contribution in [1.29, 1.82) is 0 Å². The van der Waals surface area contributed by atoms with Crippen LogP contribution in [0.1, 0.15) is 0 Å². The number of benzene rings is 2. The highest BCUT2D eigenvalue weighted by atomic mass is 35.5. The number of aromatic nitrogens is 2. The number of para-hydroxylation sites is 2. The third-order valence-electron chi connectivity index (χ3n) is 3.22. The van der Waals surface area contributed by atoms with Crippen LogP contribution in [0.3, 0.4) is 0 Å². The lowest BCUT2D eigenvalue weighted by Crippen LogP contribution is -1.93. The molecule has 0 aliphatic heterocycles. The van der Waals surface area contributed by atoms with Crippen LogP contribution in [0.5, 0.6) is 0 Å². The van der Waals surface area contributed by atoms with Gasteiger partial charge in [0.1, 0.15) is 0 Å². The Balaban J connectivity index is 1.62. The minimum atomic E-state index is 0.439. The van der Waals surface area contributed by atoms with Gasteiger partial charge in [-0.1, -0.05) is 69.1 Å². The van der Waals surface area contributed by atoms with E-state index in [4.69, 9.17) is 23.2 Å². The van der Waals surface area contributed by atoms with E-state index in [2.05, 4.69) is 18.7 Å². The topological polar surface area (TPSA) is 50.5 Å². The van der Waals surface area contributed by atoms with Gasteiger partial charge in [-0.25, -0.2) is 9.98 Å². The lowest BCUT2D eigenvalue weighted by molar-refractivity contribution is 1.30. The van der Waals surface area contributed by atoms with Crippen LogP contribution in [-0.4, -0.2) is 8.75 Å². The van der Waals surface area contributed by atoms with Crippen molar-refractivity contribution in [3.63, 3.8) is 0 Å². The molecule has 0 saturated heterocycles. The van der Waals surface area contributed by atoms with Crippen molar-refractivity contribution in [2.45, 2.75) is 9.79 Å². The summed E-state index contributed by atoms with van der Waals surface area (Å²) in [5, 5.41) is 0.878. The van der Waals surface area contributed by atoms with E-state index >= 15 is 0 Å². The second-order valence-corrected chi connectivity index (χ2v) is 11.6. The Morgan fingerprint density at radius 1 is 0.679 bits per heavy atom. The largest absolute Gasteiger partial charge is 0.233 e. The Kier molecular flexibility index (Phi) is 7.23. The van der Waals surface area contributed by atoms with Crippen LogP contribution in [0.25, 0.3) is 0 Å². The zero-order valence-electron chi connectivity index (χ0n) is 13.6. The molecule has 12 heteroatoms. The van der Waals surface area contributed by atoms with Gasteiger partial charge in [0.2, 0.25) is 0 Å². The Bertz CT molecular complexity index is 1130. The molecule has 2 heterocycles. The van der Waals surface area contributed by atoms with Gasteiger partial charge >= 0.3 is 0 Å². The summed E-state index contributed by atoms with van der Waals surface area (Å²) < 4.78 is 9.61. The first-order valence-electron chi connectivity index (χ1n) is 7.56.